The second-order valence-electron chi connectivity index (χ2n) is 5.70. The Morgan fingerprint density at radius 1 is 1.00 bits per heavy atom. The Hall–Kier alpha value is -2.14. The molecule has 2 aromatic rings. The van der Waals surface area contributed by atoms with Gasteiger partial charge in [0.1, 0.15) is 16.9 Å². The van der Waals surface area contributed by atoms with Crippen molar-refractivity contribution >= 4 is 17.7 Å². The van der Waals surface area contributed by atoms with Gasteiger partial charge in [-0.3, -0.25) is 4.79 Å². The molecule has 1 unspecified atom stereocenters. The smallest absolute Gasteiger partial charge is 0.234 e. The van der Waals surface area contributed by atoms with Crippen LogP contribution in [0.25, 0.3) is 0 Å². The van der Waals surface area contributed by atoms with Crippen LogP contribution in [0.1, 0.15) is 30.3 Å². The maximum atomic E-state index is 12.5. The van der Waals surface area contributed by atoms with Crippen LogP contribution in [0.15, 0.2) is 48.5 Å². The van der Waals surface area contributed by atoms with E-state index in [1.54, 1.807) is 11.8 Å². The zero-order valence-corrected chi connectivity index (χ0v) is 15.4. The summed E-state index contributed by atoms with van der Waals surface area (Å²) in [7, 11) is 0. The number of hydrogen-bond donors (Lipinski definition) is 0. The lowest BCUT2D eigenvalue weighted by molar-refractivity contribution is -0.128. The molecule has 0 radical (unpaired) electrons. The summed E-state index contributed by atoms with van der Waals surface area (Å²) in [6.07, 6.45) is 0. The van der Waals surface area contributed by atoms with Crippen molar-refractivity contribution in [3.05, 3.63) is 59.7 Å². The molecule has 1 amide bonds. The number of thioether (sulfide) groups is 1. The first-order valence-corrected chi connectivity index (χ1v) is 9.63. The van der Waals surface area contributed by atoms with Gasteiger partial charge in [-0.1, -0.05) is 36.4 Å². The molecule has 1 aliphatic rings. The van der Waals surface area contributed by atoms with Gasteiger partial charge in [-0.25, -0.2) is 0 Å². The number of ether oxygens (including phenoxy) is 2. The minimum atomic E-state index is -0.0371. The Morgan fingerprint density at radius 2 is 1.64 bits per heavy atom. The molecule has 0 aliphatic carbocycles. The highest BCUT2D eigenvalue weighted by atomic mass is 32.2. The zero-order valence-electron chi connectivity index (χ0n) is 14.6. The van der Waals surface area contributed by atoms with E-state index in [0.717, 1.165) is 22.6 Å². The summed E-state index contributed by atoms with van der Waals surface area (Å²) in [6.45, 7) is 5.69. The van der Waals surface area contributed by atoms with Crippen LogP contribution >= 0.6 is 11.8 Å². The normalized spacial score (nSPS) is 17.0. The topological polar surface area (TPSA) is 38.8 Å². The van der Waals surface area contributed by atoms with Gasteiger partial charge in [0.25, 0.3) is 0 Å². The van der Waals surface area contributed by atoms with Crippen LogP contribution in [0.4, 0.5) is 0 Å². The number of carbonyl (C=O) groups excluding carboxylic acids is 1. The molecule has 2 aromatic carbocycles. The van der Waals surface area contributed by atoms with Crippen molar-refractivity contribution in [2.75, 3.05) is 19.0 Å². The number of nitrogens with zero attached hydrogens (tertiary/aromatic N) is 1. The molecule has 1 saturated heterocycles. The van der Waals surface area contributed by atoms with Gasteiger partial charge in [0, 0.05) is 11.1 Å². The molecule has 1 atom stereocenters. The first-order chi connectivity index (χ1) is 12.2. The van der Waals surface area contributed by atoms with Crippen molar-refractivity contribution in [1.82, 2.24) is 4.90 Å². The lowest BCUT2D eigenvalue weighted by Gasteiger charge is -2.26. The van der Waals surface area contributed by atoms with E-state index in [9.17, 15) is 4.79 Å². The highest BCUT2D eigenvalue weighted by molar-refractivity contribution is 8.00. The minimum Gasteiger partial charge on any atom is -0.494 e. The third-order valence-electron chi connectivity index (χ3n) is 4.07. The summed E-state index contributed by atoms with van der Waals surface area (Å²) < 4.78 is 11.5. The second-order valence-corrected chi connectivity index (χ2v) is 6.77. The van der Waals surface area contributed by atoms with Crippen molar-refractivity contribution in [3.8, 4) is 11.5 Å². The molecule has 5 heteroatoms. The van der Waals surface area contributed by atoms with Gasteiger partial charge in [-0.2, -0.15) is 0 Å². The Bertz CT molecular complexity index is 734. The van der Waals surface area contributed by atoms with E-state index < -0.39 is 0 Å². The standard InChI is InChI=1S/C20H23NO3S/c1-3-23-17-11-7-5-9-15(17)13-21-19(22)14-25-20(21)16-10-6-8-12-18(16)24-4-2/h5-12,20H,3-4,13-14H2,1-2H3. The highest BCUT2D eigenvalue weighted by Crippen LogP contribution is 2.43. The molecule has 3 rings (SSSR count). The van der Waals surface area contributed by atoms with Crippen LogP contribution in [0.5, 0.6) is 11.5 Å². The average Bonchev–Trinajstić information content (AvgIpc) is 2.98. The first-order valence-electron chi connectivity index (χ1n) is 8.58. The van der Waals surface area contributed by atoms with E-state index in [1.165, 1.54) is 0 Å². The Kier molecular flexibility index (Phi) is 5.87. The molecule has 0 spiro atoms. The monoisotopic (exact) mass is 357 g/mol. The summed E-state index contributed by atoms with van der Waals surface area (Å²) in [6, 6.07) is 15.9. The number of rotatable bonds is 7. The van der Waals surface area contributed by atoms with Crippen molar-refractivity contribution in [3.63, 3.8) is 0 Å². The molecule has 0 aromatic heterocycles. The predicted octanol–water partition coefficient (Wildman–Crippen LogP) is 4.26. The summed E-state index contributed by atoms with van der Waals surface area (Å²) in [5.41, 5.74) is 2.08. The van der Waals surface area contributed by atoms with E-state index in [-0.39, 0.29) is 11.3 Å². The maximum Gasteiger partial charge on any atom is 0.234 e. The van der Waals surface area contributed by atoms with E-state index >= 15 is 0 Å². The number of carbonyl (C=O) groups is 1. The van der Waals surface area contributed by atoms with Gasteiger partial charge < -0.3 is 14.4 Å². The SMILES string of the molecule is CCOc1ccccc1CN1C(=O)CSC1c1ccccc1OCC. The maximum absolute atomic E-state index is 12.5. The summed E-state index contributed by atoms with van der Waals surface area (Å²) in [5, 5.41) is -0.0371. The second kappa shape index (κ2) is 8.30. The fourth-order valence-electron chi connectivity index (χ4n) is 2.97. The average molecular weight is 357 g/mol. The Morgan fingerprint density at radius 3 is 2.40 bits per heavy atom. The number of hydrogen-bond acceptors (Lipinski definition) is 4. The lowest BCUT2D eigenvalue weighted by Crippen LogP contribution is -2.28. The minimum absolute atomic E-state index is 0.0371. The van der Waals surface area contributed by atoms with Gasteiger partial charge in [0.2, 0.25) is 5.91 Å². The molecule has 0 N–H and O–H groups in total. The molecule has 4 nitrogen and oxygen atoms in total. The number of para-hydroxylation sites is 2. The van der Waals surface area contributed by atoms with Gasteiger partial charge in [0.05, 0.1) is 25.5 Å². The summed E-state index contributed by atoms with van der Waals surface area (Å²) in [4.78, 5) is 14.4. The molecule has 0 saturated carbocycles. The number of amides is 1. The van der Waals surface area contributed by atoms with Crippen LogP contribution in [-0.2, 0) is 11.3 Å². The quantitative estimate of drug-likeness (QED) is 0.742. The molecule has 25 heavy (non-hydrogen) atoms. The molecular weight excluding hydrogens is 334 g/mol. The van der Waals surface area contributed by atoms with Gasteiger partial charge in [-0.15, -0.1) is 11.8 Å². The largest absolute Gasteiger partial charge is 0.494 e. The highest BCUT2D eigenvalue weighted by Gasteiger charge is 2.34. The molecule has 1 heterocycles. The summed E-state index contributed by atoms with van der Waals surface area (Å²) in [5.74, 6) is 2.32. The summed E-state index contributed by atoms with van der Waals surface area (Å²) >= 11 is 1.65. The van der Waals surface area contributed by atoms with E-state index in [2.05, 4.69) is 0 Å². The van der Waals surface area contributed by atoms with Crippen molar-refractivity contribution < 1.29 is 14.3 Å². The molecule has 0 bridgehead atoms. The van der Waals surface area contributed by atoms with Crippen LogP contribution in [0.2, 0.25) is 0 Å². The van der Waals surface area contributed by atoms with Crippen LogP contribution in [0.3, 0.4) is 0 Å². The Labute approximate surface area is 153 Å². The first kappa shape index (κ1) is 17.7. The van der Waals surface area contributed by atoms with Gasteiger partial charge in [0.15, 0.2) is 0 Å². The third-order valence-corrected chi connectivity index (χ3v) is 5.30. The fraction of sp³-hybridized carbons (Fsp3) is 0.350. The molecule has 1 fully saturated rings. The van der Waals surface area contributed by atoms with Gasteiger partial charge >= 0.3 is 0 Å². The van der Waals surface area contributed by atoms with Gasteiger partial charge in [-0.05, 0) is 26.0 Å². The predicted molar refractivity (Wildman–Crippen MR) is 101 cm³/mol. The molecular formula is C20H23NO3S. The van der Waals surface area contributed by atoms with Crippen LogP contribution < -0.4 is 9.47 Å². The van der Waals surface area contributed by atoms with Crippen molar-refractivity contribution in [1.29, 1.82) is 0 Å². The third kappa shape index (κ3) is 3.93. The van der Waals surface area contributed by atoms with Crippen molar-refractivity contribution in [2.24, 2.45) is 0 Å². The number of benzene rings is 2. The van der Waals surface area contributed by atoms with E-state index in [0.29, 0.717) is 25.5 Å². The van der Waals surface area contributed by atoms with Crippen LogP contribution in [0, 0.1) is 0 Å². The Balaban J connectivity index is 1.89. The van der Waals surface area contributed by atoms with Crippen LogP contribution in [-0.4, -0.2) is 29.8 Å². The fourth-order valence-corrected chi connectivity index (χ4v) is 4.18. The van der Waals surface area contributed by atoms with E-state index in [4.69, 9.17) is 9.47 Å². The lowest BCUT2D eigenvalue weighted by atomic mass is 10.1. The van der Waals surface area contributed by atoms with Crippen molar-refractivity contribution in [2.45, 2.75) is 25.8 Å². The zero-order chi connectivity index (χ0) is 17.6. The van der Waals surface area contributed by atoms with E-state index in [1.807, 2.05) is 67.3 Å². The molecule has 1 aliphatic heterocycles. The molecule has 132 valence electrons.